The van der Waals surface area contributed by atoms with E-state index in [-0.39, 0.29) is 18.3 Å². The molecule has 3 rings (SSSR count). The Balaban J connectivity index is 1.79. The Morgan fingerprint density at radius 2 is 1.70 bits per heavy atom. The van der Waals surface area contributed by atoms with Gasteiger partial charge >= 0.3 is 0 Å². The number of Topliss-reactive ketones (excluding diaryl/α,β-unsaturated/α-hetero) is 1. The zero-order chi connectivity index (χ0) is 21.3. The standard InChI is InChI=1S/C27H31NO2/c1-4-9-26(22-15-13-21(14-16-22)18-20(2)3)30-27-12-6-5-11-24(27)25(29)19-23-10-7-8-17-28-23/h5-8,10-17,20,26H,4,9,18-19H2,1-3H3. The van der Waals surface area contributed by atoms with Crippen LogP contribution in [-0.2, 0) is 12.8 Å². The summed E-state index contributed by atoms with van der Waals surface area (Å²) < 4.78 is 6.41. The van der Waals surface area contributed by atoms with Gasteiger partial charge in [0.25, 0.3) is 0 Å². The number of para-hydroxylation sites is 1. The van der Waals surface area contributed by atoms with E-state index in [0.717, 1.165) is 30.5 Å². The van der Waals surface area contributed by atoms with Crippen molar-refractivity contribution in [2.24, 2.45) is 5.92 Å². The predicted octanol–water partition coefficient (Wildman–Crippen LogP) is 6.63. The molecule has 2 aromatic carbocycles. The van der Waals surface area contributed by atoms with E-state index in [9.17, 15) is 4.79 Å². The first-order chi connectivity index (χ1) is 14.6. The lowest BCUT2D eigenvalue weighted by Crippen LogP contribution is -2.12. The highest BCUT2D eigenvalue weighted by Gasteiger charge is 2.18. The van der Waals surface area contributed by atoms with E-state index in [1.165, 1.54) is 5.56 Å². The minimum atomic E-state index is -0.0769. The van der Waals surface area contributed by atoms with Gasteiger partial charge in [-0.2, -0.15) is 0 Å². The van der Waals surface area contributed by atoms with Crippen LogP contribution in [0.2, 0.25) is 0 Å². The summed E-state index contributed by atoms with van der Waals surface area (Å²) in [5.41, 5.74) is 3.87. The molecule has 0 aliphatic heterocycles. The van der Waals surface area contributed by atoms with Gasteiger partial charge in [-0.1, -0.05) is 69.7 Å². The average molecular weight is 402 g/mol. The lowest BCUT2D eigenvalue weighted by molar-refractivity contribution is 0.0983. The van der Waals surface area contributed by atoms with Gasteiger partial charge in [0.2, 0.25) is 0 Å². The summed E-state index contributed by atoms with van der Waals surface area (Å²) in [5, 5.41) is 0. The van der Waals surface area contributed by atoms with E-state index in [0.29, 0.717) is 17.2 Å². The van der Waals surface area contributed by atoms with Gasteiger partial charge < -0.3 is 4.74 Å². The molecule has 0 saturated carbocycles. The molecule has 0 fully saturated rings. The van der Waals surface area contributed by atoms with Gasteiger partial charge in [-0.05, 0) is 54.2 Å². The van der Waals surface area contributed by atoms with Gasteiger partial charge in [0, 0.05) is 11.9 Å². The zero-order valence-electron chi connectivity index (χ0n) is 18.2. The lowest BCUT2D eigenvalue weighted by atomic mass is 9.98. The number of aromatic nitrogens is 1. The van der Waals surface area contributed by atoms with Crippen LogP contribution >= 0.6 is 0 Å². The fourth-order valence-corrected chi connectivity index (χ4v) is 3.61. The van der Waals surface area contributed by atoms with Crippen molar-refractivity contribution in [3.63, 3.8) is 0 Å². The van der Waals surface area contributed by atoms with Gasteiger partial charge in [-0.25, -0.2) is 0 Å². The Hall–Kier alpha value is -2.94. The van der Waals surface area contributed by atoms with Crippen LogP contribution in [0.5, 0.6) is 5.75 Å². The lowest BCUT2D eigenvalue weighted by Gasteiger charge is -2.21. The highest BCUT2D eigenvalue weighted by Crippen LogP contribution is 2.29. The van der Waals surface area contributed by atoms with Crippen LogP contribution < -0.4 is 4.74 Å². The smallest absolute Gasteiger partial charge is 0.172 e. The Labute approximate surface area is 180 Å². The molecule has 1 heterocycles. The highest BCUT2D eigenvalue weighted by atomic mass is 16.5. The molecule has 156 valence electrons. The number of carbonyl (C=O) groups excluding carboxylic acids is 1. The van der Waals surface area contributed by atoms with Crippen molar-refractivity contribution in [1.82, 2.24) is 4.98 Å². The van der Waals surface area contributed by atoms with Crippen molar-refractivity contribution in [2.45, 2.75) is 52.6 Å². The van der Waals surface area contributed by atoms with Gasteiger partial charge in [0.15, 0.2) is 5.78 Å². The fourth-order valence-electron chi connectivity index (χ4n) is 3.61. The van der Waals surface area contributed by atoms with E-state index >= 15 is 0 Å². The van der Waals surface area contributed by atoms with Crippen molar-refractivity contribution in [2.75, 3.05) is 0 Å². The first kappa shape index (κ1) is 21.8. The number of pyridine rings is 1. The third kappa shape index (κ3) is 6.03. The number of benzene rings is 2. The van der Waals surface area contributed by atoms with E-state index in [1.54, 1.807) is 6.20 Å². The van der Waals surface area contributed by atoms with Crippen LogP contribution in [0.3, 0.4) is 0 Å². The first-order valence-corrected chi connectivity index (χ1v) is 10.8. The van der Waals surface area contributed by atoms with E-state index in [1.807, 2.05) is 42.5 Å². The minimum absolute atomic E-state index is 0.0202. The van der Waals surface area contributed by atoms with Gasteiger partial charge in [0.1, 0.15) is 11.9 Å². The maximum Gasteiger partial charge on any atom is 0.172 e. The second kappa shape index (κ2) is 10.7. The molecular weight excluding hydrogens is 370 g/mol. The molecule has 0 N–H and O–H groups in total. The normalized spacial score (nSPS) is 12.0. The number of hydrogen-bond acceptors (Lipinski definition) is 3. The summed E-state index contributed by atoms with van der Waals surface area (Å²) in [6.45, 7) is 6.62. The second-order valence-corrected chi connectivity index (χ2v) is 8.15. The molecule has 0 amide bonds. The number of ketones is 1. The third-order valence-corrected chi connectivity index (χ3v) is 5.07. The van der Waals surface area contributed by atoms with Crippen LogP contribution in [-0.4, -0.2) is 10.8 Å². The molecule has 0 bridgehead atoms. The van der Waals surface area contributed by atoms with Crippen molar-refractivity contribution in [3.05, 3.63) is 95.3 Å². The molecule has 0 spiro atoms. The van der Waals surface area contributed by atoms with E-state index in [2.05, 4.69) is 50.0 Å². The number of rotatable bonds is 10. The molecule has 3 nitrogen and oxygen atoms in total. The zero-order valence-corrected chi connectivity index (χ0v) is 18.2. The summed E-state index contributed by atoms with van der Waals surface area (Å²) in [6, 6.07) is 21.9. The molecule has 30 heavy (non-hydrogen) atoms. The van der Waals surface area contributed by atoms with Gasteiger partial charge in [-0.3, -0.25) is 9.78 Å². The summed E-state index contributed by atoms with van der Waals surface area (Å²) in [7, 11) is 0. The summed E-state index contributed by atoms with van der Waals surface area (Å²) in [6.07, 6.45) is 4.88. The van der Waals surface area contributed by atoms with Crippen LogP contribution in [0.1, 0.15) is 66.9 Å². The second-order valence-electron chi connectivity index (χ2n) is 8.15. The van der Waals surface area contributed by atoms with Crippen LogP contribution in [0.25, 0.3) is 0 Å². The number of nitrogens with zero attached hydrogens (tertiary/aromatic N) is 1. The van der Waals surface area contributed by atoms with Crippen LogP contribution in [0.4, 0.5) is 0 Å². The van der Waals surface area contributed by atoms with Gasteiger partial charge in [-0.15, -0.1) is 0 Å². The Bertz CT molecular complexity index is 933. The van der Waals surface area contributed by atoms with Crippen LogP contribution in [0.15, 0.2) is 72.9 Å². The van der Waals surface area contributed by atoms with Crippen molar-refractivity contribution in [1.29, 1.82) is 0 Å². The monoisotopic (exact) mass is 401 g/mol. The third-order valence-electron chi connectivity index (χ3n) is 5.07. The molecular formula is C27H31NO2. The van der Waals surface area contributed by atoms with E-state index < -0.39 is 0 Å². The molecule has 0 aliphatic carbocycles. The molecule has 0 radical (unpaired) electrons. The van der Waals surface area contributed by atoms with E-state index in [4.69, 9.17) is 4.74 Å². The topological polar surface area (TPSA) is 39.2 Å². The van der Waals surface area contributed by atoms with Crippen molar-refractivity contribution in [3.8, 4) is 5.75 Å². The predicted molar refractivity (Wildman–Crippen MR) is 122 cm³/mol. The Kier molecular flexibility index (Phi) is 7.78. The Morgan fingerprint density at radius 1 is 0.967 bits per heavy atom. The summed E-state index contributed by atoms with van der Waals surface area (Å²) in [5.74, 6) is 1.30. The molecule has 1 atom stereocenters. The molecule has 1 unspecified atom stereocenters. The quantitative estimate of drug-likeness (QED) is 0.358. The summed E-state index contributed by atoms with van der Waals surface area (Å²) in [4.78, 5) is 17.2. The maximum absolute atomic E-state index is 12.9. The molecule has 0 saturated heterocycles. The van der Waals surface area contributed by atoms with Crippen LogP contribution in [0, 0.1) is 5.92 Å². The first-order valence-electron chi connectivity index (χ1n) is 10.8. The number of hydrogen-bond donors (Lipinski definition) is 0. The molecule has 0 aliphatic rings. The largest absolute Gasteiger partial charge is 0.485 e. The minimum Gasteiger partial charge on any atom is -0.485 e. The maximum atomic E-state index is 12.9. The van der Waals surface area contributed by atoms with Crippen molar-refractivity contribution >= 4 is 5.78 Å². The number of carbonyl (C=O) groups is 1. The average Bonchev–Trinajstić information content (AvgIpc) is 2.75. The molecule has 3 heteroatoms. The molecule has 3 aromatic rings. The highest BCUT2D eigenvalue weighted by molar-refractivity contribution is 5.99. The fraction of sp³-hybridized carbons (Fsp3) is 0.333. The summed E-state index contributed by atoms with van der Waals surface area (Å²) >= 11 is 0. The Morgan fingerprint density at radius 3 is 2.37 bits per heavy atom. The molecule has 1 aromatic heterocycles. The SMILES string of the molecule is CCCC(Oc1ccccc1C(=O)Cc1ccccn1)c1ccc(CC(C)C)cc1. The van der Waals surface area contributed by atoms with Gasteiger partial charge in [0.05, 0.1) is 12.0 Å². The van der Waals surface area contributed by atoms with Crippen molar-refractivity contribution < 1.29 is 9.53 Å². The number of ether oxygens (including phenoxy) is 1.